The first kappa shape index (κ1) is 23.0. The van der Waals surface area contributed by atoms with Crippen LogP contribution in [-0.2, 0) is 13.2 Å². The Labute approximate surface area is 189 Å². The minimum Gasteiger partial charge on any atom is -0.493 e. The van der Waals surface area contributed by atoms with Gasteiger partial charge in [-0.15, -0.1) is 0 Å². The third-order valence-electron chi connectivity index (χ3n) is 4.70. The predicted molar refractivity (Wildman–Crippen MR) is 124 cm³/mol. The molecule has 6 heteroatoms. The van der Waals surface area contributed by atoms with Crippen molar-refractivity contribution in [3.05, 3.63) is 83.4 Å². The van der Waals surface area contributed by atoms with Crippen molar-refractivity contribution in [2.75, 3.05) is 14.2 Å². The third kappa shape index (κ3) is 6.17. The molecule has 168 valence electrons. The van der Waals surface area contributed by atoms with Crippen LogP contribution in [-0.4, -0.2) is 26.2 Å². The summed E-state index contributed by atoms with van der Waals surface area (Å²) in [5.74, 6) is 1.88. The largest absolute Gasteiger partial charge is 0.493 e. The van der Waals surface area contributed by atoms with Crippen LogP contribution in [0.2, 0.25) is 0 Å². The lowest BCUT2D eigenvalue weighted by molar-refractivity contribution is 0.0950. The molecule has 32 heavy (non-hydrogen) atoms. The molecule has 0 aliphatic carbocycles. The van der Waals surface area contributed by atoms with Gasteiger partial charge >= 0.3 is 0 Å². The summed E-state index contributed by atoms with van der Waals surface area (Å²) in [6.07, 6.45) is 0.116. The summed E-state index contributed by atoms with van der Waals surface area (Å²) < 4.78 is 22.5. The van der Waals surface area contributed by atoms with Crippen LogP contribution in [0.15, 0.2) is 66.7 Å². The van der Waals surface area contributed by atoms with E-state index in [9.17, 15) is 4.79 Å². The van der Waals surface area contributed by atoms with Gasteiger partial charge in [0.2, 0.25) is 5.75 Å². The van der Waals surface area contributed by atoms with Gasteiger partial charge in [-0.25, -0.2) is 0 Å². The van der Waals surface area contributed by atoms with E-state index in [1.54, 1.807) is 12.1 Å². The Morgan fingerprint density at radius 3 is 2.06 bits per heavy atom. The normalized spacial score (nSPS) is 10.5. The second-order valence-electron chi connectivity index (χ2n) is 7.48. The van der Waals surface area contributed by atoms with Gasteiger partial charge in [0.1, 0.15) is 12.4 Å². The summed E-state index contributed by atoms with van der Waals surface area (Å²) in [4.78, 5) is 12.8. The highest BCUT2D eigenvalue weighted by Crippen LogP contribution is 2.39. The molecule has 0 aliphatic rings. The van der Waals surface area contributed by atoms with Gasteiger partial charge in [0.25, 0.3) is 5.91 Å². The molecule has 0 saturated carbocycles. The van der Waals surface area contributed by atoms with E-state index < -0.39 is 0 Å². The number of carbonyl (C=O) groups excluding carboxylic acids is 1. The van der Waals surface area contributed by atoms with Crippen molar-refractivity contribution in [3.8, 4) is 23.0 Å². The molecule has 0 atom stereocenters. The quantitative estimate of drug-likeness (QED) is 0.485. The molecule has 0 saturated heterocycles. The second-order valence-corrected chi connectivity index (χ2v) is 7.48. The van der Waals surface area contributed by atoms with E-state index in [0.717, 1.165) is 16.9 Å². The number of nitrogens with one attached hydrogen (secondary N) is 1. The summed E-state index contributed by atoms with van der Waals surface area (Å²) in [6.45, 7) is 4.70. The molecule has 0 aromatic heterocycles. The standard InChI is InChI=1S/C26H29NO5/c1-18(2)32-22-12-10-19(11-13-22)16-27-26(28)21-14-23(29-3)25(24(15-21)30-4)31-17-20-8-6-5-7-9-20/h5-15,18H,16-17H2,1-4H3,(H,27,28). The summed E-state index contributed by atoms with van der Waals surface area (Å²) >= 11 is 0. The maximum Gasteiger partial charge on any atom is 0.251 e. The third-order valence-corrected chi connectivity index (χ3v) is 4.70. The van der Waals surface area contributed by atoms with Gasteiger partial charge in [-0.05, 0) is 49.2 Å². The predicted octanol–water partition coefficient (Wildman–Crippen LogP) is 5.00. The zero-order valence-electron chi connectivity index (χ0n) is 18.9. The molecule has 0 fully saturated rings. The van der Waals surface area contributed by atoms with Crippen LogP contribution in [0.4, 0.5) is 0 Å². The first-order chi connectivity index (χ1) is 15.5. The van der Waals surface area contributed by atoms with Gasteiger partial charge in [0, 0.05) is 12.1 Å². The fourth-order valence-electron chi connectivity index (χ4n) is 3.13. The van der Waals surface area contributed by atoms with E-state index >= 15 is 0 Å². The second kappa shape index (κ2) is 11.1. The highest BCUT2D eigenvalue weighted by atomic mass is 16.5. The molecule has 0 heterocycles. The minimum absolute atomic E-state index is 0.116. The zero-order chi connectivity index (χ0) is 22.9. The van der Waals surface area contributed by atoms with Crippen LogP contribution < -0.4 is 24.3 Å². The highest BCUT2D eigenvalue weighted by Gasteiger charge is 2.18. The summed E-state index contributed by atoms with van der Waals surface area (Å²) in [5, 5.41) is 2.92. The van der Waals surface area contributed by atoms with E-state index in [1.165, 1.54) is 14.2 Å². The molecular formula is C26H29NO5. The van der Waals surface area contributed by atoms with Gasteiger partial charge in [0.05, 0.1) is 20.3 Å². The maximum absolute atomic E-state index is 12.8. The van der Waals surface area contributed by atoms with Gasteiger partial charge < -0.3 is 24.3 Å². The first-order valence-corrected chi connectivity index (χ1v) is 10.5. The lowest BCUT2D eigenvalue weighted by atomic mass is 10.1. The van der Waals surface area contributed by atoms with Gasteiger partial charge in [-0.3, -0.25) is 4.79 Å². The average molecular weight is 436 g/mol. The lowest BCUT2D eigenvalue weighted by Crippen LogP contribution is -2.23. The first-order valence-electron chi connectivity index (χ1n) is 10.5. The zero-order valence-corrected chi connectivity index (χ0v) is 18.9. The summed E-state index contributed by atoms with van der Waals surface area (Å²) in [7, 11) is 3.07. The Morgan fingerprint density at radius 1 is 0.875 bits per heavy atom. The number of hydrogen-bond donors (Lipinski definition) is 1. The number of methoxy groups -OCH3 is 2. The SMILES string of the molecule is COc1cc(C(=O)NCc2ccc(OC(C)C)cc2)cc(OC)c1OCc1ccccc1. The van der Waals surface area contributed by atoms with Crippen molar-refractivity contribution in [1.82, 2.24) is 5.32 Å². The fourth-order valence-corrected chi connectivity index (χ4v) is 3.13. The van der Waals surface area contributed by atoms with Crippen LogP contribution in [0.1, 0.15) is 35.3 Å². The van der Waals surface area contributed by atoms with Crippen molar-refractivity contribution in [2.24, 2.45) is 0 Å². The van der Waals surface area contributed by atoms with Crippen molar-refractivity contribution in [1.29, 1.82) is 0 Å². The Balaban J connectivity index is 1.69. The molecule has 0 bridgehead atoms. The number of rotatable bonds is 10. The molecule has 1 N–H and O–H groups in total. The Kier molecular flexibility index (Phi) is 7.97. The number of benzene rings is 3. The topological polar surface area (TPSA) is 66.0 Å². The summed E-state index contributed by atoms with van der Waals surface area (Å²) in [5.41, 5.74) is 2.41. The van der Waals surface area contributed by atoms with Crippen molar-refractivity contribution >= 4 is 5.91 Å². The molecular weight excluding hydrogens is 406 g/mol. The van der Waals surface area contributed by atoms with Crippen LogP contribution in [0, 0.1) is 0 Å². The molecule has 0 radical (unpaired) electrons. The average Bonchev–Trinajstić information content (AvgIpc) is 2.81. The molecule has 3 rings (SSSR count). The molecule has 1 amide bonds. The van der Waals surface area contributed by atoms with E-state index in [0.29, 0.717) is 36.0 Å². The van der Waals surface area contributed by atoms with E-state index in [1.807, 2.05) is 68.4 Å². The smallest absolute Gasteiger partial charge is 0.251 e. The van der Waals surface area contributed by atoms with E-state index in [-0.39, 0.29) is 12.0 Å². The van der Waals surface area contributed by atoms with E-state index in [4.69, 9.17) is 18.9 Å². The molecule has 0 spiro atoms. The van der Waals surface area contributed by atoms with Crippen LogP contribution in [0.5, 0.6) is 23.0 Å². The lowest BCUT2D eigenvalue weighted by Gasteiger charge is -2.16. The van der Waals surface area contributed by atoms with E-state index in [2.05, 4.69) is 5.32 Å². The number of ether oxygens (including phenoxy) is 4. The number of carbonyl (C=O) groups is 1. The Hall–Kier alpha value is -3.67. The number of hydrogen-bond acceptors (Lipinski definition) is 5. The number of amides is 1. The molecule has 3 aromatic rings. The van der Waals surface area contributed by atoms with Crippen molar-refractivity contribution in [3.63, 3.8) is 0 Å². The molecule has 0 unspecified atom stereocenters. The van der Waals surface area contributed by atoms with Crippen molar-refractivity contribution in [2.45, 2.75) is 33.1 Å². The molecule has 3 aromatic carbocycles. The van der Waals surface area contributed by atoms with Gasteiger partial charge in [-0.1, -0.05) is 42.5 Å². The monoisotopic (exact) mass is 435 g/mol. The van der Waals surface area contributed by atoms with Crippen LogP contribution in [0.25, 0.3) is 0 Å². The molecule has 0 aliphatic heterocycles. The Bertz CT molecular complexity index is 991. The Morgan fingerprint density at radius 2 is 1.50 bits per heavy atom. The fraction of sp³-hybridized carbons (Fsp3) is 0.269. The van der Waals surface area contributed by atoms with Gasteiger partial charge in [0.15, 0.2) is 11.5 Å². The highest BCUT2D eigenvalue weighted by molar-refractivity contribution is 5.95. The van der Waals surface area contributed by atoms with Crippen LogP contribution in [0.3, 0.4) is 0 Å². The van der Waals surface area contributed by atoms with Crippen LogP contribution >= 0.6 is 0 Å². The minimum atomic E-state index is -0.237. The van der Waals surface area contributed by atoms with Gasteiger partial charge in [-0.2, -0.15) is 0 Å². The summed E-state index contributed by atoms with van der Waals surface area (Å²) in [6, 6.07) is 20.8. The molecule has 6 nitrogen and oxygen atoms in total. The maximum atomic E-state index is 12.8. The van der Waals surface area contributed by atoms with Crippen molar-refractivity contribution < 1.29 is 23.7 Å².